The Balaban J connectivity index is 2.04. The molecule has 0 amide bonds. The Morgan fingerprint density at radius 2 is 2.00 bits per heavy atom. The second kappa shape index (κ2) is 7.47. The van der Waals surface area contributed by atoms with Crippen LogP contribution < -0.4 is 5.73 Å². The van der Waals surface area contributed by atoms with Crippen molar-refractivity contribution >= 4 is 21.6 Å². The van der Waals surface area contributed by atoms with Crippen molar-refractivity contribution in [2.45, 2.75) is 50.4 Å². The lowest BCUT2D eigenvalue weighted by Crippen LogP contribution is -2.51. The molecule has 0 radical (unpaired) electrons. The highest BCUT2D eigenvalue weighted by molar-refractivity contribution is 8.01. The minimum absolute atomic E-state index is 0.242. The molecular formula is C14H28N2O2S2. The van der Waals surface area contributed by atoms with Crippen molar-refractivity contribution < 1.29 is 8.42 Å². The predicted molar refractivity (Wildman–Crippen MR) is 86.7 cm³/mol. The third-order valence-electron chi connectivity index (χ3n) is 4.69. The summed E-state index contributed by atoms with van der Waals surface area (Å²) in [5, 5.41) is -0.290. The highest BCUT2D eigenvalue weighted by Gasteiger charge is 2.35. The van der Waals surface area contributed by atoms with E-state index in [9.17, 15) is 8.42 Å². The minimum Gasteiger partial charge on any atom is -0.327 e. The van der Waals surface area contributed by atoms with Gasteiger partial charge in [0.05, 0.1) is 0 Å². The summed E-state index contributed by atoms with van der Waals surface area (Å²) in [6.45, 7) is 3.51. The maximum atomic E-state index is 12.3. The van der Waals surface area contributed by atoms with Gasteiger partial charge in [-0.1, -0.05) is 26.2 Å². The van der Waals surface area contributed by atoms with Crippen LogP contribution in [0.25, 0.3) is 0 Å². The molecule has 1 saturated carbocycles. The van der Waals surface area contributed by atoms with Crippen LogP contribution in [-0.4, -0.2) is 55.1 Å². The van der Waals surface area contributed by atoms with Crippen LogP contribution in [-0.2, 0) is 9.84 Å². The Kier molecular flexibility index (Phi) is 6.20. The van der Waals surface area contributed by atoms with E-state index in [-0.39, 0.29) is 17.2 Å². The summed E-state index contributed by atoms with van der Waals surface area (Å²) in [5.74, 6) is 2.47. The Hall–Kier alpha value is 0.220. The lowest BCUT2D eigenvalue weighted by atomic mass is 9.95. The zero-order valence-electron chi connectivity index (χ0n) is 12.5. The molecule has 1 aliphatic carbocycles. The summed E-state index contributed by atoms with van der Waals surface area (Å²) in [4.78, 5) is 2.20. The highest BCUT2D eigenvalue weighted by atomic mass is 32.2. The SMILES string of the molecule is CCS(=O)(=O)C1CSCCN1CC1CCCCCC1N. The fraction of sp³-hybridized carbons (Fsp3) is 1.00. The summed E-state index contributed by atoms with van der Waals surface area (Å²) >= 11 is 1.76. The van der Waals surface area contributed by atoms with Crippen LogP contribution >= 0.6 is 11.8 Å². The molecule has 3 atom stereocenters. The van der Waals surface area contributed by atoms with Crippen LogP contribution in [0.4, 0.5) is 0 Å². The molecule has 2 N–H and O–H groups in total. The van der Waals surface area contributed by atoms with Gasteiger partial charge in [-0.2, -0.15) is 11.8 Å². The van der Waals surface area contributed by atoms with Gasteiger partial charge in [-0.3, -0.25) is 4.90 Å². The molecule has 2 fully saturated rings. The van der Waals surface area contributed by atoms with Crippen molar-refractivity contribution in [3.8, 4) is 0 Å². The minimum atomic E-state index is -2.98. The van der Waals surface area contributed by atoms with Crippen LogP contribution in [0, 0.1) is 5.92 Å². The van der Waals surface area contributed by atoms with Crippen LogP contribution in [0.2, 0.25) is 0 Å². The largest absolute Gasteiger partial charge is 0.327 e. The first kappa shape index (κ1) is 16.6. The maximum Gasteiger partial charge on any atom is 0.166 e. The first-order chi connectivity index (χ1) is 9.54. The van der Waals surface area contributed by atoms with Crippen molar-refractivity contribution in [3.05, 3.63) is 0 Å². The van der Waals surface area contributed by atoms with Crippen molar-refractivity contribution in [3.63, 3.8) is 0 Å². The normalized spacial score (nSPS) is 33.8. The smallest absolute Gasteiger partial charge is 0.166 e. The highest BCUT2D eigenvalue weighted by Crippen LogP contribution is 2.27. The monoisotopic (exact) mass is 320 g/mol. The zero-order valence-corrected chi connectivity index (χ0v) is 14.1. The third-order valence-corrected chi connectivity index (χ3v) is 8.03. The van der Waals surface area contributed by atoms with Gasteiger partial charge in [-0.15, -0.1) is 0 Å². The Labute approximate surface area is 127 Å². The van der Waals surface area contributed by atoms with E-state index in [1.807, 2.05) is 0 Å². The molecule has 0 aromatic carbocycles. The molecule has 118 valence electrons. The van der Waals surface area contributed by atoms with Crippen molar-refractivity contribution in [2.24, 2.45) is 11.7 Å². The molecule has 1 heterocycles. The Morgan fingerprint density at radius 1 is 1.25 bits per heavy atom. The number of hydrogen-bond donors (Lipinski definition) is 1. The number of rotatable bonds is 4. The molecule has 1 saturated heterocycles. The van der Waals surface area contributed by atoms with E-state index in [2.05, 4.69) is 4.90 Å². The quantitative estimate of drug-likeness (QED) is 0.799. The van der Waals surface area contributed by atoms with Crippen molar-refractivity contribution in [1.82, 2.24) is 4.90 Å². The standard InChI is InChI=1S/C14H28N2O2S2/c1-2-20(17,18)14-11-19-9-8-16(14)10-12-6-4-3-5-7-13(12)15/h12-14H,2-11,15H2,1H3. The molecule has 1 aliphatic heterocycles. The van der Waals surface area contributed by atoms with Gasteiger partial charge in [0.15, 0.2) is 9.84 Å². The summed E-state index contributed by atoms with van der Waals surface area (Å²) in [5.41, 5.74) is 6.30. The molecule has 0 aromatic rings. The second-order valence-electron chi connectivity index (χ2n) is 6.04. The molecule has 0 bridgehead atoms. The number of nitrogens with zero attached hydrogens (tertiary/aromatic N) is 1. The van der Waals surface area contributed by atoms with E-state index >= 15 is 0 Å². The lowest BCUT2D eigenvalue weighted by Gasteiger charge is -2.38. The fourth-order valence-corrected chi connectivity index (χ4v) is 6.38. The first-order valence-electron chi connectivity index (χ1n) is 7.83. The molecule has 6 heteroatoms. The fourth-order valence-electron chi connectivity index (χ4n) is 3.29. The molecule has 3 unspecified atom stereocenters. The van der Waals surface area contributed by atoms with Gasteiger partial charge in [0, 0.05) is 36.4 Å². The number of hydrogen-bond acceptors (Lipinski definition) is 5. The first-order valence-corrected chi connectivity index (χ1v) is 10.7. The van der Waals surface area contributed by atoms with Crippen LogP contribution in [0.3, 0.4) is 0 Å². The summed E-state index contributed by atoms with van der Waals surface area (Å²) in [7, 11) is -2.98. The topological polar surface area (TPSA) is 63.4 Å². The molecule has 0 aromatic heterocycles. The van der Waals surface area contributed by atoms with Gasteiger partial charge in [-0.25, -0.2) is 8.42 Å². The molecule has 20 heavy (non-hydrogen) atoms. The van der Waals surface area contributed by atoms with E-state index in [1.54, 1.807) is 18.7 Å². The lowest BCUT2D eigenvalue weighted by molar-refractivity contribution is 0.203. The number of nitrogens with two attached hydrogens (primary N) is 1. The van der Waals surface area contributed by atoms with Crippen LogP contribution in [0.1, 0.15) is 39.0 Å². The van der Waals surface area contributed by atoms with Gasteiger partial charge in [0.25, 0.3) is 0 Å². The third kappa shape index (κ3) is 4.12. The summed E-state index contributed by atoms with van der Waals surface area (Å²) in [6.07, 6.45) is 6.00. The molecule has 0 spiro atoms. The van der Waals surface area contributed by atoms with Gasteiger partial charge in [0.1, 0.15) is 5.37 Å². The summed E-state index contributed by atoms with van der Waals surface area (Å²) < 4.78 is 24.5. The molecule has 2 rings (SSSR count). The Bertz CT molecular complexity index is 400. The van der Waals surface area contributed by atoms with E-state index in [4.69, 9.17) is 5.73 Å². The molecule has 2 aliphatic rings. The van der Waals surface area contributed by atoms with E-state index < -0.39 is 9.84 Å². The zero-order chi connectivity index (χ0) is 14.6. The molecule has 4 nitrogen and oxygen atoms in total. The summed E-state index contributed by atoms with van der Waals surface area (Å²) in [6, 6.07) is 0.247. The Morgan fingerprint density at radius 3 is 2.75 bits per heavy atom. The number of sulfone groups is 1. The van der Waals surface area contributed by atoms with Gasteiger partial charge in [0.2, 0.25) is 0 Å². The van der Waals surface area contributed by atoms with E-state index in [0.717, 1.165) is 37.4 Å². The number of thioether (sulfide) groups is 1. The van der Waals surface area contributed by atoms with Crippen molar-refractivity contribution in [1.29, 1.82) is 0 Å². The van der Waals surface area contributed by atoms with Crippen LogP contribution in [0.5, 0.6) is 0 Å². The van der Waals surface area contributed by atoms with Crippen molar-refractivity contribution in [2.75, 3.05) is 30.3 Å². The average Bonchev–Trinajstić information content (AvgIpc) is 2.65. The van der Waals surface area contributed by atoms with Crippen LogP contribution in [0.15, 0.2) is 0 Å². The molecular weight excluding hydrogens is 292 g/mol. The van der Waals surface area contributed by atoms with Gasteiger partial charge >= 0.3 is 0 Å². The predicted octanol–water partition coefficient (Wildman–Crippen LogP) is 1.70. The maximum absolute atomic E-state index is 12.3. The average molecular weight is 321 g/mol. The van der Waals surface area contributed by atoms with E-state index in [1.165, 1.54) is 19.3 Å². The second-order valence-corrected chi connectivity index (χ2v) is 9.64. The van der Waals surface area contributed by atoms with Gasteiger partial charge < -0.3 is 5.73 Å². The van der Waals surface area contributed by atoms with Gasteiger partial charge in [-0.05, 0) is 18.8 Å². The van der Waals surface area contributed by atoms with E-state index in [0.29, 0.717) is 5.92 Å².